The van der Waals surface area contributed by atoms with Crippen LogP contribution in [0.1, 0.15) is 12.8 Å². The molecule has 1 fully saturated rings. The van der Waals surface area contributed by atoms with Crippen LogP contribution in [0.5, 0.6) is 0 Å². The highest BCUT2D eigenvalue weighted by Crippen LogP contribution is 2.17. The predicted molar refractivity (Wildman–Crippen MR) is 69.0 cm³/mol. The van der Waals surface area contributed by atoms with Gasteiger partial charge in [0.15, 0.2) is 5.82 Å². The first-order valence-electron chi connectivity index (χ1n) is 5.81. The number of rotatable bonds is 3. The van der Waals surface area contributed by atoms with E-state index in [0.717, 1.165) is 25.9 Å². The van der Waals surface area contributed by atoms with E-state index >= 15 is 0 Å². The molecule has 1 N–H and O–H groups in total. The van der Waals surface area contributed by atoms with E-state index in [9.17, 15) is 9.59 Å². The maximum atomic E-state index is 12.0. The number of aromatic nitrogens is 2. The number of H-pyrrole nitrogens is 1. The molecule has 0 radical (unpaired) electrons. The van der Waals surface area contributed by atoms with Crippen molar-refractivity contribution < 1.29 is 4.79 Å². The lowest BCUT2D eigenvalue weighted by Crippen LogP contribution is -2.38. The van der Waals surface area contributed by atoms with Crippen LogP contribution in [0.15, 0.2) is 11.1 Å². The summed E-state index contributed by atoms with van der Waals surface area (Å²) < 4.78 is 0. The normalized spacial score (nSPS) is 14.9. The summed E-state index contributed by atoms with van der Waals surface area (Å²) in [5, 5.41) is 0.00854. The molecule has 18 heavy (non-hydrogen) atoms. The van der Waals surface area contributed by atoms with Crippen molar-refractivity contribution in [2.75, 3.05) is 31.6 Å². The summed E-state index contributed by atoms with van der Waals surface area (Å²) in [5.74, 6) is 0.362. The van der Waals surface area contributed by atoms with E-state index in [1.165, 1.54) is 6.33 Å². The van der Waals surface area contributed by atoms with Gasteiger partial charge in [-0.25, -0.2) is 4.98 Å². The van der Waals surface area contributed by atoms with E-state index in [-0.39, 0.29) is 17.5 Å². The summed E-state index contributed by atoms with van der Waals surface area (Å²) in [5.41, 5.74) is -0.401. The maximum absolute atomic E-state index is 12.0. The van der Waals surface area contributed by atoms with Crippen molar-refractivity contribution in [1.29, 1.82) is 0 Å². The van der Waals surface area contributed by atoms with Gasteiger partial charge in [-0.1, -0.05) is 11.6 Å². The zero-order valence-corrected chi connectivity index (χ0v) is 10.9. The molecular weight excluding hydrogens is 256 g/mol. The van der Waals surface area contributed by atoms with Gasteiger partial charge in [-0.15, -0.1) is 0 Å². The maximum Gasteiger partial charge on any atom is 0.271 e. The number of amides is 1. The standard InChI is InChI=1S/C11H15ClN4O2/c1-15(6-8(17)16-4-2-3-5-16)10-9(12)11(18)14-7-13-10/h7H,2-6H2,1H3,(H,13,14,18). The molecule has 1 saturated heterocycles. The number of likely N-dealkylation sites (tertiary alicyclic amines) is 1. The Morgan fingerprint density at radius 3 is 2.89 bits per heavy atom. The van der Waals surface area contributed by atoms with Gasteiger partial charge in [0.25, 0.3) is 5.56 Å². The quantitative estimate of drug-likeness (QED) is 0.868. The molecule has 7 heteroatoms. The Balaban J connectivity index is 2.07. The highest BCUT2D eigenvalue weighted by atomic mass is 35.5. The fourth-order valence-corrected chi connectivity index (χ4v) is 2.23. The third-order valence-electron chi connectivity index (χ3n) is 2.97. The minimum atomic E-state index is -0.401. The van der Waals surface area contributed by atoms with Crippen LogP contribution in [0, 0.1) is 0 Å². The van der Waals surface area contributed by atoms with Crippen LogP contribution in [-0.2, 0) is 4.79 Å². The van der Waals surface area contributed by atoms with E-state index in [1.54, 1.807) is 11.9 Å². The number of nitrogens with zero attached hydrogens (tertiary/aromatic N) is 3. The summed E-state index contributed by atoms with van der Waals surface area (Å²) in [6.45, 7) is 1.79. The molecular formula is C11H15ClN4O2. The molecule has 1 aliphatic rings. The highest BCUT2D eigenvalue weighted by Gasteiger charge is 2.20. The minimum absolute atomic E-state index is 0.00854. The molecule has 0 aromatic carbocycles. The van der Waals surface area contributed by atoms with Gasteiger partial charge >= 0.3 is 0 Å². The Bertz CT molecular complexity index is 496. The van der Waals surface area contributed by atoms with Crippen molar-refractivity contribution in [1.82, 2.24) is 14.9 Å². The van der Waals surface area contributed by atoms with Gasteiger partial charge in [0.2, 0.25) is 5.91 Å². The number of halogens is 1. The molecule has 0 bridgehead atoms. The van der Waals surface area contributed by atoms with Gasteiger partial charge in [-0.3, -0.25) is 9.59 Å². The second-order valence-corrected chi connectivity index (χ2v) is 4.69. The van der Waals surface area contributed by atoms with Crippen LogP contribution in [0.4, 0.5) is 5.82 Å². The summed E-state index contributed by atoms with van der Waals surface area (Å²) in [4.78, 5) is 33.1. The number of carbonyl (C=O) groups is 1. The lowest BCUT2D eigenvalue weighted by atomic mass is 10.4. The molecule has 1 aliphatic heterocycles. The molecule has 0 spiro atoms. The van der Waals surface area contributed by atoms with Crippen molar-refractivity contribution in [3.8, 4) is 0 Å². The van der Waals surface area contributed by atoms with Crippen LogP contribution in [-0.4, -0.2) is 47.5 Å². The second-order valence-electron chi connectivity index (χ2n) is 4.31. The van der Waals surface area contributed by atoms with Crippen LogP contribution in [0.25, 0.3) is 0 Å². The number of hydrogen-bond donors (Lipinski definition) is 1. The molecule has 2 rings (SSSR count). The fourth-order valence-electron chi connectivity index (χ4n) is 1.98. The van der Waals surface area contributed by atoms with Crippen molar-refractivity contribution in [2.24, 2.45) is 0 Å². The third kappa shape index (κ3) is 2.64. The first-order chi connectivity index (χ1) is 8.59. The van der Waals surface area contributed by atoms with E-state index in [4.69, 9.17) is 11.6 Å². The zero-order chi connectivity index (χ0) is 13.1. The second kappa shape index (κ2) is 5.39. The number of aromatic amines is 1. The predicted octanol–water partition coefficient (Wildman–Crippen LogP) is 0.482. The van der Waals surface area contributed by atoms with Gasteiger partial charge in [-0.2, -0.15) is 0 Å². The highest BCUT2D eigenvalue weighted by molar-refractivity contribution is 6.32. The summed E-state index contributed by atoms with van der Waals surface area (Å²) >= 11 is 5.86. The van der Waals surface area contributed by atoms with Crippen LogP contribution >= 0.6 is 11.6 Å². The number of likely N-dealkylation sites (N-methyl/N-ethyl adjacent to an activating group) is 1. The summed E-state index contributed by atoms with van der Waals surface area (Å²) in [7, 11) is 1.70. The van der Waals surface area contributed by atoms with Crippen LogP contribution < -0.4 is 10.5 Å². The molecule has 6 nitrogen and oxygen atoms in total. The molecule has 0 aliphatic carbocycles. The van der Waals surface area contributed by atoms with E-state index in [0.29, 0.717) is 5.82 Å². The van der Waals surface area contributed by atoms with Crippen molar-refractivity contribution in [3.63, 3.8) is 0 Å². The summed E-state index contributed by atoms with van der Waals surface area (Å²) in [6.07, 6.45) is 3.39. The Morgan fingerprint density at radius 1 is 1.56 bits per heavy atom. The largest absolute Gasteiger partial charge is 0.349 e. The fraction of sp³-hybridized carbons (Fsp3) is 0.545. The van der Waals surface area contributed by atoms with E-state index in [2.05, 4.69) is 9.97 Å². The Morgan fingerprint density at radius 2 is 2.22 bits per heavy atom. The molecule has 98 valence electrons. The molecule has 0 saturated carbocycles. The van der Waals surface area contributed by atoms with Gasteiger partial charge in [0.05, 0.1) is 12.9 Å². The molecule has 1 aromatic rings. The monoisotopic (exact) mass is 270 g/mol. The van der Waals surface area contributed by atoms with Crippen molar-refractivity contribution >= 4 is 23.3 Å². The molecule has 0 unspecified atom stereocenters. The molecule has 1 amide bonds. The zero-order valence-electron chi connectivity index (χ0n) is 10.1. The van der Waals surface area contributed by atoms with E-state index in [1.807, 2.05) is 4.90 Å². The first kappa shape index (κ1) is 12.9. The van der Waals surface area contributed by atoms with Crippen LogP contribution in [0.3, 0.4) is 0 Å². The molecule has 0 atom stereocenters. The lowest BCUT2D eigenvalue weighted by Gasteiger charge is -2.22. The number of carbonyl (C=O) groups excluding carboxylic acids is 1. The van der Waals surface area contributed by atoms with Crippen LogP contribution in [0.2, 0.25) is 5.02 Å². The SMILES string of the molecule is CN(CC(=O)N1CCCC1)c1nc[nH]c(=O)c1Cl. The van der Waals surface area contributed by atoms with Gasteiger partial charge in [0, 0.05) is 20.1 Å². The lowest BCUT2D eigenvalue weighted by molar-refractivity contribution is -0.128. The van der Waals surface area contributed by atoms with Crippen molar-refractivity contribution in [3.05, 3.63) is 21.7 Å². The Hall–Kier alpha value is -1.56. The third-order valence-corrected chi connectivity index (χ3v) is 3.31. The average Bonchev–Trinajstić information content (AvgIpc) is 2.86. The first-order valence-corrected chi connectivity index (χ1v) is 6.19. The number of hydrogen-bond acceptors (Lipinski definition) is 4. The molecule has 2 heterocycles. The summed E-state index contributed by atoms with van der Waals surface area (Å²) in [6, 6.07) is 0. The Kier molecular flexibility index (Phi) is 3.86. The minimum Gasteiger partial charge on any atom is -0.349 e. The van der Waals surface area contributed by atoms with Crippen molar-refractivity contribution in [2.45, 2.75) is 12.8 Å². The smallest absolute Gasteiger partial charge is 0.271 e. The van der Waals surface area contributed by atoms with Gasteiger partial charge < -0.3 is 14.8 Å². The van der Waals surface area contributed by atoms with Gasteiger partial charge in [-0.05, 0) is 12.8 Å². The Labute approximate surface area is 110 Å². The number of anilines is 1. The van der Waals surface area contributed by atoms with E-state index < -0.39 is 5.56 Å². The van der Waals surface area contributed by atoms with Gasteiger partial charge in [0.1, 0.15) is 5.02 Å². The number of nitrogens with one attached hydrogen (secondary N) is 1. The molecule has 1 aromatic heterocycles. The topological polar surface area (TPSA) is 69.3 Å². The average molecular weight is 271 g/mol.